The normalized spacial score (nSPS) is 12.1. The number of hydrogen-bond donors (Lipinski definition) is 1. The molecule has 0 aliphatic heterocycles. The molecule has 3 aromatic rings. The van der Waals surface area contributed by atoms with Crippen LogP contribution in [0.25, 0.3) is 0 Å². The largest absolute Gasteiger partial charge is 0.497 e. The third-order valence-electron chi connectivity index (χ3n) is 7.20. The lowest BCUT2D eigenvalue weighted by Gasteiger charge is -2.35. The van der Waals surface area contributed by atoms with Gasteiger partial charge in [-0.3, -0.25) is 13.9 Å². The van der Waals surface area contributed by atoms with Gasteiger partial charge >= 0.3 is 0 Å². The summed E-state index contributed by atoms with van der Waals surface area (Å²) in [5, 5.41) is 2.97. The highest BCUT2D eigenvalue weighted by Gasteiger charge is 2.36. The lowest BCUT2D eigenvalue weighted by Crippen LogP contribution is -2.55. The number of amides is 2. The number of nitrogens with zero attached hydrogens (tertiary/aromatic N) is 2. The van der Waals surface area contributed by atoms with Crippen molar-refractivity contribution in [2.24, 2.45) is 0 Å². The van der Waals surface area contributed by atoms with Crippen molar-refractivity contribution in [1.29, 1.82) is 0 Å². The van der Waals surface area contributed by atoms with Gasteiger partial charge in [0.15, 0.2) is 11.5 Å². The maximum absolute atomic E-state index is 14.5. The third-order valence-corrected chi connectivity index (χ3v) is 8.95. The number of ether oxygens (including phenoxy) is 4. The van der Waals surface area contributed by atoms with Crippen molar-refractivity contribution in [3.63, 3.8) is 0 Å². The molecule has 11 nitrogen and oxygen atoms in total. The van der Waals surface area contributed by atoms with E-state index in [9.17, 15) is 18.0 Å². The molecule has 0 unspecified atom stereocenters. The number of benzene rings is 3. The number of anilines is 1. The minimum absolute atomic E-state index is 0.0766. The number of methoxy groups -OCH3 is 4. The summed E-state index contributed by atoms with van der Waals surface area (Å²) >= 11 is 0. The third kappa shape index (κ3) is 8.63. The lowest BCUT2D eigenvalue weighted by molar-refractivity contribution is -0.141. The summed E-state index contributed by atoms with van der Waals surface area (Å²) in [6, 6.07) is 15.6. The molecule has 0 aliphatic carbocycles. The molecule has 0 fully saturated rings. The molecule has 2 amide bonds. The van der Waals surface area contributed by atoms with Gasteiger partial charge < -0.3 is 29.2 Å². The second-order valence-electron chi connectivity index (χ2n) is 11.7. The van der Waals surface area contributed by atoms with E-state index in [1.54, 1.807) is 12.1 Å². The van der Waals surface area contributed by atoms with E-state index in [0.717, 1.165) is 15.4 Å². The van der Waals surface area contributed by atoms with E-state index in [1.807, 2.05) is 58.9 Å². The summed E-state index contributed by atoms with van der Waals surface area (Å²) < 4.78 is 51.6. The topological polar surface area (TPSA) is 124 Å². The van der Waals surface area contributed by atoms with E-state index in [4.69, 9.17) is 18.9 Å². The Balaban J connectivity index is 2.21. The monoisotopic (exact) mass is 655 g/mol. The van der Waals surface area contributed by atoms with E-state index in [0.29, 0.717) is 17.9 Å². The first-order valence-electron chi connectivity index (χ1n) is 14.8. The molecule has 1 atom stereocenters. The molecule has 0 saturated heterocycles. The highest BCUT2D eigenvalue weighted by molar-refractivity contribution is 7.92. The number of rotatable bonds is 14. The number of hydrogen-bond acceptors (Lipinski definition) is 8. The Morgan fingerprint density at radius 2 is 1.50 bits per heavy atom. The van der Waals surface area contributed by atoms with Crippen LogP contribution in [0.1, 0.15) is 45.2 Å². The Hall–Kier alpha value is -4.45. The summed E-state index contributed by atoms with van der Waals surface area (Å²) in [5.74, 6) is 0.140. The number of carbonyl (C=O) groups is 2. The molecule has 0 bridgehead atoms. The molecule has 46 heavy (non-hydrogen) atoms. The summed E-state index contributed by atoms with van der Waals surface area (Å²) in [7, 11) is 1.26. The van der Waals surface area contributed by atoms with Gasteiger partial charge in [-0.25, -0.2) is 8.42 Å². The van der Waals surface area contributed by atoms with Crippen molar-refractivity contribution < 1.29 is 37.0 Å². The molecule has 0 spiro atoms. The van der Waals surface area contributed by atoms with Gasteiger partial charge in [0.05, 0.1) is 39.0 Å². The first-order valence-corrected chi connectivity index (χ1v) is 16.3. The Bertz CT molecular complexity index is 1640. The van der Waals surface area contributed by atoms with E-state index in [2.05, 4.69) is 5.32 Å². The molecule has 0 saturated carbocycles. The number of aryl methyl sites for hydroxylation is 1. The van der Waals surface area contributed by atoms with Crippen molar-refractivity contribution in [1.82, 2.24) is 10.2 Å². The fourth-order valence-corrected chi connectivity index (χ4v) is 6.42. The first-order chi connectivity index (χ1) is 21.7. The molecular weight excluding hydrogens is 610 g/mol. The fourth-order valence-electron chi connectivity index (χ4n) is 4.99. The van der Waals surface area contributed by atoms with E-state index >= 15 is 0 Å². The standard InChI is InChI=1S/C34H45N3O8S/c1-10-27(33(39)35-34(3,4)5)36(21-24-13-11-12-23(2)18-24)32(38)22-37(28-19-25(42-6)14-16-29(28)43-7)46(40,41)26-15-17-30(44-8)31(20-26)45-9/h11-20,27H,10,21-22H2,1-9H3,(H,35,39)/t27-/m0/s1. The zero-order valence-corrected chi connectivity index (χ0v) is 28.9. The van der Waals surface area contributed by atoms with E-state index < -0.39 is 34.1 Å². The maximum atomic E-state index is 14.5. The van der Waals surface area contributed by atoms with Crippen molar-refractivity contribution in [2.45, 2.75) is 64.1 Å². The molecule has 0 aliphatic rings. The summed E-state index contributed by atoms with van der Waals surface area (Å²) in [6.45, 7) is 8.75. The predicted molar refractivity (Wildman–Crippen MR) is 177 cm³/mol. The Morgan fingerprint density at radius 3 is 2.07 bits per heavy atom. The summed E-state index contributed by atoms with van der Waals surface area (Å²) in [4.78, 5) is 29.3. The second-order valence-corrected chi connectivity index (χ2v) is 13.6. The Morgan fingerprint density at radius 1 is 0.848 bits per heavy atom. The minimum atomic E-state index is -4.44. The minimum Gasteiger partial charge on any atom is -0.497 e. The van der Waals surface area contributed by atoms with Crippen LogP contribution >= 0.6 is 0 Å². The number of nitrogens with one attached hydrogen (secondary N) is 1. The van der Waals surface area contributed by atoms with Gasteiger partial charge in [0.25, 0.3) is 10.0 Å². The average molecular weight is 656 g/mol. The van der Waals surface area contributed by atoms with Crippen molar-refractivity contribution >= 4 is 27.5 Å². The van der Waals surface area contributed by atoms with Gasteiger partial charge in [-0.15, -0.1) is 0 Å². The molecule has 12 heteroatoms. The van der Waals surface area contributed by atoms with Gasteiger partial charge in [-0.05, 0) is 63.9 Å². The van der Waals surface area contributed by atoms with Crippen LogP contribution in [0, 0.1) is 6.92 Å². The van der Waals surface area contributed by atoms with Crippen LogP contribution in [0.2, 0.25) is 0 Å². The highest BCUT2D eigenvalue weighted by atomic mass is 32.2. The molecule has 250 valence electrons. The van der Waals surface area contributed by atoms with Crippen molar-refractivity contribution in [3.8, 4) is 23.0 Å². The molecule has 3 aromatic carbocycles. The van der Waals surface area contributed by atoms with Crippen LogP contribution < -0.4 is 28.6 Å². The summed E-state index contributed by atoms with van der Waals surface area (Å²) in [6.07, 6.45) is 0.296. The van der Waals surface area contributed by atoms with Crippen LogP contribution in [0.3, 0.4) is 0 Å². The Labute approximate surface area is 272 Å². The van der Waals surface area contributed by atoms with Gasteiger partial charge in [0.1, 0.15) is 24.1 Å². The average Bonchev–Trinajstić information content (AvgIpc) is 3.01. The van der Waals surface area contributed by atoms with Crippen molar-refractivity contribution in [2.75, 3.05) is 39.3 Å². The maximum Gasteiger partial charge on any atom is 0.265 e. The van der Waals surface area contributed by atoms with E-state index in [-0.39, 0.29) is 34.5 Å². The van der Waals surface area contributed by atoms with E-state index in [1.165, 1.54) is 57.6 Å². The van der Waals surface area contributed by atoms with Crippen LogP contribution in [0.5, 0.6) is 23.0 Å². The quantitative estimate of drug-likeness (QED) is 0.259. The molecular formula is C34H45N3O8S. The van der Waals surface area contributed by atoms with Gasteiger partial charge in [-0.1, -0.05) is 36.8 Å². The second kappa shape index (κ2) is 15.2. The van der Waals surface area contributed by atoms with Crippen LogP contribution in [-0.2, 0) is 26.2 Å². The first kappa shape index (κ1) is 36.0. The van der Waals surface area contributed by atoms with Gasteiger partial charge in [0.2, 0.25) is 11.8 Å². The summed E-state index contributed by atoms with van der Waals surface area (Å²) in [5.41, 5.74) is 1.30. The van der Waals surface area contributed by atoms with Crippen LogP contribution in [0.15, 0.2) is 65.6 Å². The molecule has 1 N–H and O–H groups in total. The van der Waals surface area contributed by atoms with Crippen LogP contribution in [-0.4, -0.2) is 71.7 Å². The zero-order chi connectivity index (χ0) is 34.2. The molecule has 0 heterocycles. The lowest BCUT2D eigenvalue weighted by atomic mass is 10.0. The molecule has 0 radical (unpaired) electrons. The fraction of sp³-hybridized carbons (Fsp3) is 0.412. The zero-order valence-electron chi connectivity index (χ0n) is 28.0. The number of carbonyl (C=O) groups excluding carboxylic acids is 2. The van der Waals surface area contributed by atoms with Gasteiger partial charge in [0, 0.05) is 24.2 Å². The molecule has 0 aromatic heterocycles. The van der Waals surface area contributed by atoms with Crippen molar-refractivity contribution in [3.05, 3.63) is 71.8 Å². The smallest absolute Gasteiger partial charge is 0.265 e. The highest BCUT2D eigenvalue weighted by Crippen LogP contribution is 2.38. The number of sulfonamides is 1. The Kier molecular flexibility index (Phi) is 11.9. The SMILES string of the molecule is CC[C@@H](C(=O)NC(C)(C)C)N(Cc1cccc(C)c1)C(=O)CN(c1cc(OC)ccc1OC)S(=O)(=O)c1ccc(OC)c(OC)c1. The van der Waals surface area contributed by atoms with Gasteiger partial charge in [-0.2, -0.15) is 0 Å². The predicted octanol–water partition coefficient (Wildman–Crippen LogP) is 4.95. The molecule has 3 rings (SSSR count). The van der Waals surface area contributed by atoms with Crippen LogP contribution in [0.4, 0.5) is 5.69 Å².